The van der Waals surface area contributed by atoms with E-state index >= 15 is 0 Å². The van der Waals surface area contributed by atoms with Crippen molar-refractivity contribution in [1.82, 2.24) is 10.3 Å². The van der Waals surface area contributed by atoms with E-state index in [0.717, 1.165) is 18.5 Å². The van der Waals surface area contributed by atoms with Crippen LogP contribution in [0.3, 0.4) is 0 Å². The van der Waals surface area contributed by atoms with Crippen molar-refractivity contribution in [2.45, 2.75) is 19.9 Å². The number of rotatable bonds is 10. The molecule has 0 aliphatic rings. The summed E-state index contributed by atoms with van der Waals surface area (Å²) in [5, 5.41) is 3.92. The van der Waals surface area contributed by atoms with E-state index in [0.29, 0.717) is 42.2 Å². The average molecular weight is 351 g/mol. The van der Waals surface area contributed by atoms with Crippen LogP contribution in [0.1, 0.15) is 18.9 Å². The highest BCUT2D eigenvalue weighted by molar-refractivity contribution is 6.32. The van der Waals surface area contributed by atoms with Crippen LogP contribution in [0, 0.1) is 0 Å². The second-order valence-electron chi connectivity index (χ2n) is 5.09. The molecule has 0 aliphatic heterocycles. The zero-order chi connectivity index (χ0) is 17.2. The largest absolute Gasteiger partial charge is 0.491 e. The van der Waals surface area contributed by atoms with Crippen molar-refractivity contribution in [2.24, 2.45) is 0 Å². The van der Waals surface area contributed by atoms with Crippen LogP contribution in [0.25, 0.3) is 0 Å². The molecule has 0 saturated heterocycles. The first-order valence-corrected chi connectivity index (χ1v) is 8.36. The zero-order valence-electron chi connectivity index (χ0n) is 14.0. The standard InChI is InChI=1S/C18H23ClN2O3/c1-3-23-16-12-14(11-15(19)18(16)22-2)13-20-8-6-10-24-17-7-4-5-9-21-17/h4-5,7,9,11-12,20H,3,6,8,10,13H2,1-2H3. The minimum absolute atomic E-state index is 0.554. The van der Waals surface area contributed by atoms with Crippen LogP contribution in [0.5, 0.6) is 17.4 Å². The molecule has 6 heteroatoms. The molecule has 24 heavy (non-hydrogen) atoms. The lowest BCUT2D eigenvalue weighted by molar-refractivity contribution is 0.296. The monoisotopic (exact) mass is 350 g/mol. The number of ether oxygens (including phenoxy) is 3. The molecule has 0 spiro atoms. The molecular weight excluding hydrogens is 328 g/mol. The van der Waals surface area contributed by atoms with Gasteiger partial charge in [-0.15, -0.1) is 0 Å². The predicted octanol–water partition coefficient (Wildman–Crippen LogP) is 3.70. The van der Waals surface area contributed by atoms with Crippen LogP contribution in [-0.4, -0.2) is 31.9 Å². The number of pyridine rings is 1. The lowest BCUT2D eigenvalue weighted by Gasteiger charge is -2.13. The van der Waals surface area contributed by atoms with E-state index in [1.165, 1.54) is 0 Å². The van der Waals surface area contributed by atoms with Gasteiger partial charge in [0.1, 0.15) is 0 Å². The molecule has 0 fully saturated rings. The molecule has 0 radical (unpaired) electrons. The van der Waals surface area contributed by atoms with E-state index in [1.54, 1.807) is 13.3 Å². The predicted molar refractivity (Wildman–Crippen MR) is 95.2 cm³/mol. The van der Waals surface area contributed by atoms with Crippen molar-refractivity contribution >= 4 is 11.6 Å². The van der Waals surface area contributed by atoms with Crippen LogP contribution < -0.4 is 19.5 Å². The third kappa shape index (κ3) is 5.58. The molecule has 0 amide bonds. The molecule has 0 unspecified atom stereocenters. The molecule has 0 saturated carbocycles. The van der Waals surface area contributed by atoms with E-state index in [9.17, 15) is 0 Å². The van der Waals surface area contributed by atoms with Crippen molar-refractivity contribution in [1.29, 1.82) is 0 Å². The number of nitrogens with one attached hydrogen (secondary N) is 1. The van der Waals surface area contributed by atoms with Gasteiger partial charge in [0.25, 0.3) is 0 Å². The normalized spacial score (nSPS) is 10.5. The van der Waals surface area contributed by atoms with E-state index in [2.05, 4.69) is 10.3 Å². The number of halogens is 1. The molecule has 5 nitrogen and oxygen atoms in total. The van der Waals surface area contributed by atoms with E-state index in [-0.39, 0.29) is 0 Å². The Hall–Kier alpha value is -1.98. The van der Waals surface area contributed by atoms with Crippen molar-refractivity contribution in [3.63, 3.8) is 0 Å². The van der Waals surface area contributed by atoms with Crippen LogP contribution in [0.2, 0.25) is 5.02 Å². The summed E-state index contributed by atoms with van der Waals surface area (Å²) >= 11 is 6.24. The maximum absolute atomic E-state index is 6.24. The number of hydrogen-bond donors (Lipinski definition) is 1. The van der Waals surface area contributed by atoms with Crippen molar-refractivity contribution in [3.8, 4) is 17.4 Å². The molecular formula is C18H23ClN2O3. The number of benzene rings is 1. The molecule has 2 rings (SSSR count). The molecule has 130 valence electrons. The molecule has 0 bridgehead atoms. The smallest absolute Gasteiger partial charge is 0.213 e. The summed E-state index contributed by atoms with van der Waals surface area (Å²) < 4.78 is 16.4. The zero-order valence-corrected chi connectivity index (χ0v) is 14.8. The van der Waals surface area contributed by atoms with Crippen LogP contribution >= 0.6 is 11.6 Å². The summed E-state index contributed by atoms with van der Waals surface area (Å²) in [6, 6.07) is 9.46. The Balaban J connectivity index is 1.75. The fraction of sp³-hybridized carbons (Fsp3) is 0.389. The maximum Gasteiger partial charge on any atom is 0.213 e. The highest BCUT2D eigenvalue weighted by atomic mass is 35.5. The average Bonchev–Trinajstić information content (AvgIpc) is 2.59. The Kier molecular flexibility index (Phi) is 7.65. The Morgan fingerprint density at radius 2 is 2.08 bits per heavy atom. The van der Waals surface area contributed by atoms with Gasteiger partial charge in [-0.05, 0) is 43.7 Å². The topological polar surface area (TPSA) is 52.6 Å². The Labute approximate surface area is 147 Å². The molecule has 0 aliphatic carbocycles. The van der Waals surface area contributed by atoms with E-state index in [4.69, 9.17) is 25.8 Å². The third-order valence-corrected chi connectivity index (χ3v) is 3.57. The summed E-state index contributed by atoms with van der Waals surface area (Å²) in [5.74, 6) is 1.90. The van der Waals surface area contributed by atoms with Gasteiger partial charge in [0.15, 0.2) is 11.5 Å². The SMILES string of the molecule is CCOc1cc(CNCCCOc2ccccn2)cc(Cl)c1OC. The molecule has 1 aromatic heterocycles. The van der Waals surface area contributed by atoms with Gasteiger partial charge in [-0.1, -0.05) is 17.7 Å². The summed E-state index contributed by atoms with van der Waals surface area (Å²) in [7, 11) is 1.59. The van der Waals surface area contributed by atoms with Gasteiger partial charge in [-0.2, -0.15) is 0 Å². The van der Waals surface area contributed by atoms with Crippen LogP contribution in [0.4, 0.5) is 0 Å². The van der Waals surface area contributed by atoms with Crippen molar-refractivity contribution < 1.29 is 14.2 Å². The summed E-state index contributed by atoms with van der Waals surface area (Å²) in [6.07, 6.45) is 2.61. The molecule has 1 heterocycles. The van der Waals surface area contributed by atoms with E-state index in [1.807, 2.05) is 37.3 Å². The molecule has 1 aromatic carbocycles. The van der Waals surface area contributed by atoms with Crippen molar-refractivity contribution in [3.05, 3.63) is 47.1 Å². The fourth-order valence-electron chi connectivity index (χ4n) is 2.22. The molecule has 0 atom stereocenters. The highest BCUT2D eigenvalue weighted by Crippen LogP contribution is 2.36. The maximum atomic E-state index is 6.24. The lowest BCUT2D eigenvalue weighted by atomic mass is 10.2. The Morgan fingerprint density at radius 1 is 1.21 bits per heavy atom. The molecule has 2 aromatic rings. The van der Waals surface area contributed by atoms with Gasteiger partial charge < -0.3 is 19.5 Å². The Bertz CT molecular complexity index is 623. The number of aromatic nitrogens is 1. The summed E-state index contributed by atoms with van der Waals surface area (Å²) in [5.41, 5.74) is 1.05. The minimum atomic E-state index is 0.554. The van der Waals surface area contributed by atoms with Gasteiger partial charge in [-0.25, -0.2) is 4.98 Å². The minimum Gasteiger partial charge on any atom is -0.491 e. The van der Waals surface area contributed by atoms with Crippen molar-refractivity contribution in [2.75, 3.05) is 26.9 Å². The first-order valence-electron chi connectivity index (χ1n) is 7.98. The van der Waals surface area contributed by atoms with Gasteiger partial charge in [0, 0.05) is 18.8 Å². The number of hydrogen-bond acceptors (Lipinski definition) is 5. The second-order valence-corrected chi connectivity index (χ2v) is 5.50. The second kappa shape index (κ2) is 10.0. The first kappa shape index (κ1) is 18.4. The van der Waals surface area contributed by atoms with Gasteiger partial charge in [-0.3, -0.25) is 0 Å². The number of nitrogens with zero attached hydrogens (tertiary/aromatic N) is 1. The summed E-state index contributed by atoms with van der Waals surface area (Å²) in [6.45, 7) is 4.65. The van der Waals surface area contributed by atoms with E-state index < -0.39 is 0 Å². The summed E-state index contributed by atoms with van der Waals surface area (Å²) in [4.78, 5) is 4.11. The number of methoxy groups -OCH3 is 1. The van der Waals surface area contributed by atoms with Crippen LogP contribution in [-0.2, 0) is 6.54 Å². The third-order valence-electron chi connectivity index (χ3n) is 3.29. The van der Waals surface area contributed by atoms with Gasteiger partial charge in [0.2, 0.25) is 5.88 Å². The molecule has 1 N–H and O–H groups in total. The fourth-order valence-corrected chi connectivity index (χ4v) is 2.53. The van der Waals surface area contributed by atoms with Crippen LogP contribution in [0.15, 0.2) is 36.5 Å². The Morgan fingerprint density at radius 3 is 2.79 bits per heavy atom. The lowest BCUT2D eigenvalue weighted by Crippen LogP contribution is -2.17. The van der Waals surface area contributed by atoms with Gasteiger partial charge in [0.05, 0.1) is 25.3 Å². The highest BCUT2D eigenvalue weighted by Gasteiger charge is 2.11. The van der Waals surface area contributed by atoms with Gasteiger partial charge >= 0.3 is 0 Å². The first-order chi connectivity index (χ1) is 11.7. The quantitative estimate of drug-likeness (QED) is 0.662.